The number of fused-ring (bicyclic) bond motifs is 2. The summed E-state index contributed by atoms with van der Waals surface area (Å²) in [5.41, 5.74) is 0.437. The number of benzene rings is 1. The fraction of sp³-hybridized carbons (Fsp3) is 0.556. The largest absolute Gasteiger partial charge is 0.481 e. The first kappa shape index (κ1) is 18.4. The van der Waals surface area contributed by atoms with Gasteiger partial charge in [0.05, 0.1) is 28.9 Å². The summed E-state index contributed by atoms with van der Waals surface area (Å²) in [6.07, 6.45) is 2.30. The van der Waals surface area contributed by atoms with Crippen molar-refractivity contribution in [2.24, 2.45) is 11.8 Å². The van der Waals surface area contributed by atoms with Gasteiger partial charge in [0.2, 0.25) is 15.9 Å². The van der Waals surface area contributed by atoms with Gasteiger partial charge >= 0.3 is 5.97 Å². The molecule has 146 valence electrons. The Hall–Kier alpha value is -1.97. The van der Waals surface area contributed by atoms with Gasteiger partial charge in [0, 0.05) is 18.8 Å². The number of rotatable bonds is 5. The highest BCUT2D eigenvalue weighted by Gasteiger charge is 2.55. The van der Waals surface area contributed by atoms with Gasteiger partial charge in [-0.15, -0.1) is 0 Å². The maximum Gasteiger partial charge on any atom is 0.310 e. The molecule has 0 aromatic heterocycles. The van der Waals surface area contributed by atoms with Crippen molar-refractivity contribution in [1.29, 1.82) is 0 Å². The van der Waals surface area contributed by atoms with Crippen molar-refractivity contribution in [3.05, 3.63) is 24.3 Å². The van der Waals surface area contributed by atoms with Crippen molar-refractivity contribution in [3.8, 4) is 0 Å². The van der Waals surface area contributed by atoms with E-state index in [0.29, 0.717) is 31.6 Å². The van der Waals surface area contributed by atoms with Crippen LogP contribution in [0.3, 0.4) is 0 Å². The van der Waals surface area contributed by atoms with Crippen molar-refractivity contribution >= 4 is 27.6 Å². The Morgan fingerprint density at radius 1 is 1.04 bits per heavy atom. The molecule has 3 heterocycles. The SMILES string of the molecule is O=C(O)[C@@H]1[C@@H](C(=O)Nc2ccc(S(=O)(=O)N3CCCC3)cc2)[C@H]2CC[C@@H]1O2. The minimum absolute atomic E-state index is 0.189. The third-order valence-corrected chi connectivity index (χ3v) is 7.60. The molecule has 27 heavy (non-hydrogen) atoms. The van der Waals surface area contributed by atoms with E-state index in [0.717, 1.165) is 12.8 Å². The summed E-state index contributed by atoms with van der Waals surface area (Å²) in [5, 5.41) is 12.1. The van der Waals surface area contributed by atoms with Crippen molar-refractivity contribution in [2.45, 2.75) is 42.8 Å². The Bertz CT molecular complexity index is 847. The van der Waals surface area contributed by atoms with Gasteiger partial charge in [-0.3, -0.25) is 9.59 Å². The average molecular weight is 394 g/mol. The summed E-state index contributed by atoms with van der Waals surface area (Å²) in [7, 11) is -3.50. The molecule has 8 nitrogen and oxygen atoms in total. The number of carboxylic acid groups (broad SMARTS) is 1. The zero-order chi connectivity index (χ0) is 19.2. The van der Waals surface area contributed by atoms with Crippen LogP contribution in [0.2, 0.25) is 0 Å². The zero-order valence-corrected chi connectivity index (χ0v) is 15.5. The van der Waals surface area contributed by atoms with Crippen molar-refractivity contribution in [3.63, 3.8) is 0 Å². The molecule has 4 atom stereocenters. The fourth-order valence-corrected chi connectivity index (χ4v) is 5.86. The molecule has 1 aromatic carbocycles. The van der Waals surface area contributed by atoms with Crippen LogP contribution >= 0.6 is 0 Å². The number of carbonyl (C=O) groups is 2. The molecular weight excluding hydrogens is 372 g/mol. The molecule has 9 heteroatoms. The molecule has 0 saturated carbocycles. The summed E-state index contributed by atoms with van der Waals surface area (Å²) in [4.78, 5) is 24.3. The second-order valence-corrected chi connectivity index (χ2v) is 9.24. The van der Waals surface area contributed by atoms with Crippen molar-refractivity contribution < 1.29 is 27.9 Å². The maximum atomic E-state index is 12.6. The summed E-state index contributed by atoms with van der Waals surface area (Å²) in [6, 6.07) is 6.00. The predicted octanol–water partition coefficient (Wildman–Crippen LogP) is 1.29. The number of amides is 1. The van der Waals surface area contributed by atoms with Gasteiger partial charge in [-0.2, -0.15) is 4.31 Å². The van der Waals surface area contributed by atoms with E-state index in [-0.39, 0.29) is 11.0 Å². The van der Waals surface area contributed by atoms with Crippen molar-refractivity contribution in [1.82, 2.24) is 4.31 Å². The van der Waals surface area contributed by atoms with Crippen LogP contribution in [0.1, 0.15) is 25.7 Å². The van der Waals surface area contributed by atoms with E-state index in [2.05, 4.69) is 5.32 Å². The lowest BCUT2D eigenvalue weighted by Gasteiger charge is -2.24. The monoisotopic (exact) mass is 394 g/mol. The number of sulfonamides is 1. The van der Waals surface area contributed by atoms with E-state index >= 15 is 0 Å². The molecule has 3 fully saturated rings. The molecular formula is C18H22N2O6S. The van der Waals surface area contributed by atoms with E-state index in [1.165, 1.54) is 28.6 Å². The molecule has 2 N–H and O–H groups in total. The zero-order valence-electron chi connectivity index (χ0n) is 14.7. The summed E-state index contributed by atoms with van der Waals surface area (Å²) >= 11 is 0. The number of nitrogens with zero attached hydrogens (tertiary/aromatic N) is 1. The third-order valence-electron chi connectivity index (χ3n) is 5.69. The normalized spacial score (nSPS) is 30.5. The van der Waals surface area contributed by atoms with Crippen LogP contribution in [-0.2, 0) is 24.3 Å². The van der Waals surface area contributed by atoms with Crippen LogP contribution in [0.5, 0.6) is 0 Å². The molecule has 0 unspecified atom stereocenters. The molecule has 4 rings (SSSR count). The van der Waals surface area contributed by atoms with Crippen LogP contribution < -0.4 is 5.32 Å². The Morgan fingerprint density at radius 3 is 2.22 bits per heavy atom. The minimum Gasteiger partial charge on any atom is -0.481 e. The van der Waals surface area contributed by atoms with E-state index in [9.17, 15) is 23.1 Å². The first-order valence-corrected chi connectivity index (χ1v) is 10.6. The Kier molecular flexibility index (Phi) is 4.69. The first-order chi connectivity index (χ1) is 12.9. The lowest BCUT2D eigenvalue weighted by molar-refractivity contribution is -0.147. The molecule has 3 saturated heterocycles. The number of anilines is 1. The number of ether oxygens (including phenoxy) is 1. The van der Waals surface area contributed by atoms with Crippen LogP contribution in [0, 0.1) is 11.8 Å². The topological polar surface area (TPSA) is 113 Å². The molecule has 1 amide bonds. The van der Waals surface area contributed by atoms with Gasteiger partial charge < -0.3 is 15.2 Å². The fourth-order valence-electron chi connectivity index (χ4n) is 4.34. The summed E-state index contributed by atoms with van der Waals surface area (Å²) < 4.78 is 32.2. The predicted molar refractivity (Wildman–Crippen MR) is 95.6 cm³/mol. The van der Waals surface area contributed by atoms with Gasteiger partial charge in [-0.25, -0.2) is 8.42 Å². The quantitative estimate of drug-likeness (QED) is 0.778. The van der Waals surface area contributed by atoms with Crippen molar-refractivity contribution in [2.75, 3.05) is 18.4 Å². The first-order valence-electron chi connectivity index (χ1n) is 9.17. The van der Waals surface area contributed by atoms with Crippen LogP contribution in [-0.4, -0.2) is 55.0 Å². The second-order valence-electron chi connectivity index (χ2n) is 7.30. The summed E-state index contributed by atoms with van der Waals surface area (Å²) in [6.45, 7) is 1.06. The molecule has 0 spiro atoms. The van der Waals surface area contributed by atoms with Gasteiger partial charge in [0.1, 0.15) is 0 Å². The van der Waals surface area contributed by atoms with Gasteiger partial charge in [0.25, 0.3) is 0 Å². The number of nitrogens with one attached hydrogen (secondary N) is 1. The second kappa shape index (κ2) is 6.88. The van der Waals surface area contributed by atoms with E-state index in [1.54, 1.807) is 0 Å². The smallest absolute Gasteiger partial charge is 0.310 e. The van der Waals surface area contributed by atoms with Crippen LogP contribution in [0.4, 0.5) is 5.69 Å². The van der Waals surface area contributed by atoms with Gasteiger partial charge in [0.15, 0.2) is 0 Å². The molecule has 2 bridgehead atoms. The third kappa shape index (κ3) is 3.24. The number of aliphatic carboxylic acids is 1. The summed E-state index contributed by atoms with van der Waals surface area (Å²) in [5.74, 6) is -2.98. The molecule has 0 radical (unpaired) electrons. The number of carboxylic acids is 1. The standard InChI is InChI=1S/C18H22N2O6S/c21-17(15-13-7-8-14(26-13)16(15)18(22)23)19-11-3-5-12(6-4-11)27(24,25)20-9-1-2-10-20/h3-6,13-16H,1-2,7-10H2,(H,19,21)(H,22,23)/t13-,14+,15+,16+/m1/s1. The molecule has 3 aliphatic heterocycles. The van der Waals surface area contributed by atoms with E-state index < -0.39 is 39.8 Å². The molecule has 0 aliphatic carbocycles. The van der Waals surface area contributed by atoms with Gasteiger partial charge in [-0.1, -0.05) is 0 Å². The number of hydrogen-bond acceptors (Lipinski definition) is 5. The van der Waals surface area contributed by atoms with Crippen LogP contribution in [0.25, 0.3) is 0 Å². The number of hydrogen-bond donors (Lipinski definition) is 2. The molecule has 1 aromatic rings. The lowest BCUT2D eigenvalue weighted by atomic mass is 9.78. The highest BCUT2D eigenvalue weighted by Crippen LogP contribution is 2.44. The highest BCUT2D eigenvalue weighted by atomic mass is 32.2. The molecule has 3 aliphatic rings. The lowest BCUT2D eigenvalue weighted by Crippen LogP contribution is -2.40. The average Bonchev–Trinajstić information content (AvgIpc) is 3.38. The Balaban J connectivity index is 1.47. The number of carbonyl (C=O) groups excluding carboxylic acids is 1. The Morgan fingerprint density at radius 2 is 1.63 bits per heavy atom. The van der Waals surface area contributed by atoms with Crippen LogP contribution in [0.15, 0.2) is 29.2 Å². The Labute approximate surface area is 157 Å². The van der Waals surface area contributed by atoms with E-state index in [1.807, 2.05) is 0 Å². The maximum absolute atomic E-state index is 12.6. The highest BCUT2D eigenvalue weighted by molar-refractivity contribution is 7.89. The minimum atomic E-state index is -3.50. The van der Waals surface area contributed by atoms with Gasteiger partial charge in [-0.05, 0) is 49.9 Å². The van der Waals surface area contributed by atoms with E-state index in [4.69, 9.17) is 4.74 Å².